The minimum Gasteiger partial charge on any atom is -0.491 e. The molecule has 3 heteroatoms. The van der Waals surface area contributed by atoms with E-state index in [0.29, 0.717) is 18.1 Å². The molecule has 1 nitrogen and oxygen atoms in total. The van der Waals surface area contributed by atoms with Crippen LogP contribution in [0.5, 0.6) is 5.75 Å². The summed E-state index contributed by atoms with van der Waals surface area (Å²) in [5.41, 5.74) is 0.467. The van der Waals surface area contributed by atoms with Crippen LogP contribution in [0.25, 0.3) is 0 Å². The lowest BCUT2D eigenvalue weighted by molar-refractivity contribution is 0.235. The van der Waals surface area contributed by atoms with Crippen LogP contribution in [0, 0.1) is 41.2 Å². The highest BCUT2D eigenvalue weighted by Crippen LogP contribution is 2.42. The summed E-state index contributed by atoms with van der Waals surface area (Å²) in [6, 6.07) is 3.28. The lowest BCUT2D eigenvalue weighted by Gasteiger charge is -2.34. The number of halogens is 2. The van der Waals surface area contributed by atoms with Crippen LogP contribution >= 0.6 is 0 Å². The van der Waals surface area contributed by atoms with Gasteiger partial charge in [-0.3, -0.25) is 0 Å². The summed E-state index contributed by atoms with van der Waals surface area (Å²) in [7, 11) is 0. The van der Waals surface area contributed by atoms with Gasteiger partial charge in [0.25, 0.3) is 0 Å². The van der Waals surface area contributed by atoms with Gasteiger partial charge >= 0.3 is 0 Å². The Morgan fingerprint density at radius 2 is 1.47 bits per heavy atom. The van der Waals surface area contributed by atoms with E-state index < -0.39 is 11.6 Å². The molecule has 0 radical (unpaired) electrons. The van der Waals surface area contributed by atoms with E-state index in [-0.39, 0.29) is 11.7 Å². The Kier molecular flexibility index (Phi) is 10.5. The fourth-order valence-corrected chi connectivity index (χ4v) is 7.03. The van der Waals surface area contributed by atoms with Gasteiger partial charge in [-0.25, -0.2) is 4.39 Å². The minimum absolute atomic E-state index is 0.0114. The third-order valence-electron chi connectivity index (χ3n) is 9.36. The van der Waals surface area contributed by atoms with Crippen molar-refractivity contribution in [2.75, 3.05) is 6.61 Å². The summed E-state index contributed by atoms with van der Waals surface area (Å²) in [5, 5.41) is 0. The van der Waals surface area contributed by atoms with Crippen molar-refractivity contribution < 1.29 is 13.5 Å². The number of hydrogen-bond acceptors (Lipinski definition) is 1. The first kappa shape index (κ1) is 27.4. The highest BCUT2D eigenvalue weighted by atomic mass is 19.2. The largest absolute Gasteiger partial charge is 0.491 e. The molecule has 0 amide bonds. The van der Waals surface area contributed by atoms with Crippen LogP contribution in [0.3, 0.4) is 0 Å². The van der Waals surface area contributed by atoms with Gasteiger partial charge in [-0.05, 0) is 112 Å². The number of rotatable bonds is 10. The van der Waals surface area contributed by atoms with E-state index in [9.17, 15) is 8.78 Å². The molecule has 0 N–H and O–H groups in total. The number of benzene rings is 1. The van der Waals surface area contributed by atoms with E-state index in [1.165, 1.54) is 77.0 Å². The van der Waals surface area contributed by atoms with Crippen molar-refractivity contribution in [1.29, 1.82) is 0 Å². The second-order valence-corrected chi connectivity index (χ2v) is 11.8. The summed E-state index contributed by atoms with van der Waals surface area (Å²) in [6.45, 7) is 4.41. The summed E-state index contributed by atoms with van der Waals surface area (Å²) in [4.78, 5) is 0. The molecule has 4 rings (SSSR count). The van der Waals surface area contributed by atoms with Gasteiger partial charge in [0, 0.05) is 5.92 Å². The van der Waals surface area contributed by atoms with Gasteiger partial charge in [-0.2, -0.15) is 4.39 Å². The maximum absolute atomic E-state index is 14.7. The van der Waals surface area contributed by atoms with Gasteiger partial charge < -0.3 is 4.74 Å². The van der Waals surface area contributed by atoms with Crippen LogP contribution in [0.1, 0.15) is 115 Å². The molecule has 3 aliphatic carbocycles. The molecule has 36 heavy (non-hydrogen) atoms. The Morgan fingerprint density at radius 3 is 2.08 bits per heavy atom. The Bertz CT molecular complexity index is 859. The molecule has 3 aliphatic rings. The van der Waals surface area contributed by atoms with E-state index in [2.05, 4.69) is 31.2 Å². The third-order valence-corrected chi connectivity index (χ3v) is 9.36. The van der Waals surface area contributed by atoms with E-state index in [1.54, 1.807) is 19.1 Å². The third kappa shape index (κ3) is 7.23. The van der Waals surface area contributed by atoms with Crippen LogP contribution < -0.4 is 4.74 Å². The van der Waals surface area contributed by atoms with Crippen LogP contribution in [0.4, 0.5) is 8.78 Å². The SMILES string of the molecule is CCCCCC1CCC(C=CC2CCC(C3C=CC(c4ccc(OCC)c(F)c4F)CC3)CC2)CC1. The molecule has 2 fully saturated rings. The Balaban J connectivity index is 1.20. The molecule has 1 aromatic carbocycles. The zero-order valence-corrected chi connectivity index (χ0v) is 22.7. The molecule has 0 heterocycles. The maximum atomic E-state index is 14.7. The van der Waals surface area contributed by atoms with E-state index >= 15 is 0 Å². The van der Waals surface area contributed by atoms with E-state index in [4.69, 9.17) is 4.74 Å². The minimum atomic E-state index is -0.851. The standard InChI is InChI=1S/C33H48F2O/c1-3-5-6-7-24-8-10-25(11-9-24)12-13-26-14-16-27(17-15-26)28-18-20-29(21-19-28)30-22-23-31(36-4-2)33(35)32(30)34/h12-13,18,20,22-29H,3-11,14-17,19,21H2,1-2H3. The van der Waals surface area contributed by atoms with Gasteiger partial charge in [-0.1, -0.05) is 63.0 Å². The molecule has 0 aromatic heterocycles. The molecule has 0 bridgehead atoms. The zero-order valence-electron chi connectivity index (χ0n) is 22.7. The van der Waals surface area contributed by atoms with Crippen molar-refractivity contribution in [2.45, 2.75) is 110 Å². The highest BCUT2D eigenvalue weighted by Gasteiger charge is 2.30. The zero-order chi connectivity index (χ0) is 25.3. The Hall–Kier alpha value is -1.64. The first-order valence-corrected chi connectivity index (χ1v) is 15.1. The number of allylic oxidation sites excluding steroid dienone is 4. The second-order valence-electron chi connectivity index (χ2n) is 11.8. The van der Waals surface area contributed by atoms with Crippen LogP contribution in [-0.2, 0) is 0 Å². The lowest BCUT2D eigenvalue weighted by atomic mass is 9.71. The normalized spacial score (nSPS) is 31.1. The molecule has 1 aromatic rings. The summed E-state index contributed by atoms with van der Waals surface area (Å²) < 4.78 is 34.2. The summed E-state index contributed by atoms with van der Waals surface area (Å²) in [5.74, 6) is 2.27. The van der Waals surface area contributed by atoms with Crippen molar-refractivity contribution in [3.05, 3.63) is 53.6 Å². The van der Waals surface area contributed by atoms with Crippen molar-refractivity contribution in [2.24, 2.45) is 29.6 Å². The predicted octanol–water partition coefficient (Wildman–Crippen LogP) is 10.2. The molecule has 0 spiro atoms. The van der Waals surface area contributed by atoms with Gasteiger partial charge in [0.05, 0.1) is 6.61 Å². The van der Waals surface area contributed by atoms with Crippen molar-refractivity contribution in [1.82, 2.24) is 0 Å². The van der Waals surface area contributed by atoms with Gasteiger partial charge in [0.2, 0.25) is 5.82 Å². The lowest BCUT2D eigenvalue weighted by Crippen LogP contribution is -2.22. The van der Waals surface area contributed by atoms with E-state index in [1.807, 2.05) is 0 Å². The van der Waals surface area contributed by atoms with Crippen molar-refractivity contribution in [3.63, 3.8) is 0 Å². The molecule has 2 atom stereocenters. The number of hydrogen-bond donors (Lipinski definition) is 0. The second kappa shape index (κ2) is 13.8. The van der Waals surface area contributed by atoms with Crippen molar-refractivity contribution in [3.8, 4) is 5.75 Å². The van der Waals surface area contributed by atoms with Gasteiger partial charge in [0.15, 0.2) is 11.6 Å². The van der Waals surface area contributed by atoms with Crippen LogP contribution in [-0.4, -0.2) is 6.61 Å². The fourth-order valence-electron chi connectivity index (χ4n) is 7.03. The van der Waals surface area contributed by atoms with Gasteiger partial charge in [0.1, 0.15) is 0 Å². The first-order valence-electron chi connectivity index (χ1n) is 15.1. The van der Waals surface area contributed by atoms with E-state index in [0.717, 1.165) is 36.5 Å². The first-order chi connectivity index (χ1) is 17.6. The summed E-state index contributed by atoms with van der Waals surface area (Å²) in [6.07, 6.45) is 28.0. The summed E-state index contributed by atoms with van der Waals surface area (Å²) >= 11 is 0. The molecule has 2 unspecified atom stereocenters. The average molecular weight is 499 g/mol. The topological polar surface area (TPSA) is 9.23 Å². The number of unbranched alkanes of at least 4 members (excludes halogenated alkanes) is 2. The fraction of sp³-hybridized carbons (Fsp3) is 0.697. The molecular weight excluding hydrogens is 450 g/mol. The van der Waals surface area contributed by atoms with Crippen LogP contribution in [0.2, 0.25) is 0 Å². The van der Waals surface area contributed by atoms with Crippen molar-refractivity contribution >= 4 is 0 Å². The number of ether oxygens (including phenoxy) is 1. The maximum Gasteiger partial charge on any atom is 0.200 e. The predicted molar refractivity (Wildman–Crippen MR) is 146 cm³/mol. The smallest absolute Gasteiger partial charge is 0.200 e. The van der Waals surface area contributed by atoms with Crippen LogP contribution in [0.15, 0.2) is 36.4 Å². The molecule has 200 valence electrons. The highest BCUT2D eigenvalue weighted by molar-refractivity contribution is 5.35. The molecule has 0 aliphatic heterocycles. The average Bonchev–Trinajstić information content (AvgIpc) is 2.92. The quantitative estimate of drug-likeness (QED) is 0.230. The van der Waals surface area contributed by atoms with Gasteiger partial charge in [-0.15, -0.1) is 0 Å². The molecule has 2 saturated carbocycles. The Labute approximate surface area is 218 Å². The monoisotopic (exact) mass is 498 g/mol. The molecular formula is C33H48F2O. The Morgan fingerprint density at radius 1 is 0.778 bits per heavy atom. The molecule has 0 saturated heterocycles.